The van der Waals surface area contributed by atoms with Gasteiger partial charge in [-0.05, 0) is 19.1 Å². The highest BCUT2D eigenvalue weighted by Crippen LogP contribution is 2.14. The summed E-state index contributed by atoms with van der Waals surface area (Å²) < 4.78 is 1.05. The van der Waals surface area contributed by atoms with E-state index in [-0.39, 0.29) is 11.4 Å². The first-order valence-electron chi connectivity index (χ1n) is 4.71. The Kier molecular flexibility index (Phi) is 2.36. The van der Waals surface area contributed by atoms with Crippen LogP contribution in [0.4, 0.5) is 0 Å². The van der Waals surface area contributed by atoms with E-state index in [4.69, 9.17) is 0 Å². The molecule has 2 N–H and O–H groups in total. The fourth-order valence-corrected chi connectivity index (χ4v) is 1.43. The van der Waals surface area contributed by atoms with Gasteiger partial charge in [-0.25, -0.2) is 9.36 Å². The first-order valence-corrected chi connectivity index (χ1v) is 4.71. The SMILES string of the molecule is Cc1c(O)n(-c2ccccc2)c(=O)[nH]c1=O. The molecule has 5 nitrogen and oxygen atoms in total. The van der Waals surface area contributed by atoms with Crippen LogP contribution in [0.25, 0.3) is 5.69 Å². The molecule has 2 aromatic rings. The lowest BCUT2D eigenvalue weighted by Gasteiger charge is -2.08. The van der Waals surface area contributed by atoms with Gasteiger partial charge in [0.15, 0.2) is 0 Å². The predicted octanol–water partition coefficient (Wildman–Crippen LogP) is 0.540. The van der Waals surface area contributed by atoms with Gasteiger partial charge in [-0.15, -0.1) is 0 Å². The number of hydrogen-bond donors (Lipinski definition) is 2. The Balaban J connectivity index is 2.82. The van der Waals surface area contributed by atoms with Crippen LogP contribution < -0.4 is 11.2 Å². The zero-order valence-electron chi connectivity index (χ0n) is 8.60. The molecule has 0 aliphatic heterocycles. The van der Waals surface area contributed by atoms with E-state index in [1.165, 1.54) is 6.92 Å². The summed E-state index contributed by atoms with van der Waals surface area (Å²) in [5.74, 6) is -0.333. The summed E-state index contributed by atoms with van der Waals surface area (Å²) in [5, 5.41) is 9.76. The molecule has 0 unspecified atom stereocenters. The molecule has 0 fully saturated rings. The van der Waals surface area contributed by atoms with Crippen molar-refractivity contribution < 1.29 is 5.11 Å². The Hall–Kier alpha value is -2.30. The summed E-state index contributed by atoms with van der Waals surface area (Å²) >= 11 is 0. The quantitative estimate of drug-likeness (QED) is 0.733. The van der Waals surface area contributed by atoms with E-state index in [2.05, 4.69) is 4.98 Å². The van der Waals surface area contributed by atoms with Gasteiger partial charge in [0.2, 0.25) is 5.88 Å². The molecule has 2 rings (SSSR count). The molecule has 0 aliphatic rings. The van der Waals surface area contributed by atoms with Crippen molar-refractivity contribution in [2.75, 3.05) is 0 Å². The van der Waals surface area contributed by atoms with Crippen molar-refractivity contribution in [3.63, 3.8) is 0 Å². The minimum absolute atomic E-state index is 0.114. The molecule has 0 amide bonds. The van der Waals surface area contributed by atoms with Crippen molar-refractivity contribution in [2.24, 2.45) is 0 Å². The highest BCUT2D eigenvalue weighted by molar-refractivity contribution is 5.37. The lowest BCUT2D eigenvalue weighted by molar-refractivity contribution is 0.426. The zero-order valence-corrected chi connectivity index (χ0v) is 8.60. The maximum atomic E-state index is 11.6. The number of benzene rings is 1. The molecule has 16 heavy (non-hydrogen) atoms. The molecule has 1 aromatic heterocycles. The Morgan fingerprint density at radius 3 is 2.44 bits per heavy atom. The van der Waals surface area contributed by atoms with Gasteiger partial charge in [-0.1, -0.05) is 18.2 Å². The van der Waals surface area contributed by atoms with Crippen LogP contribution in [0.1, 0.15) is 5.56 Å². The molecule has 0 aliphatic carbocycles. The average molecular weight is 218 g/mol. The molecule has 0 atom stereocenters. The van der Waals surface area contributed by atoms with Crippen LogP contribution in [-0.4, -0.2) is 14.7 Å². The molecule has 1 aromatic carbocycles. The minimum Gasteiger partial charge on any atom is -0.494 e. The van der Waals surface area contributed by atoms with Crippen molar-refractivity contribution in [2.45, 2.75) is 6.92 Å². The normalized spacial score (nSPS) is 10.3. The van der Waals surface area contributed by atoms with Gasteiger partial charge in [-0.2, -0.15) is 0 Å². The first-order chi connectivity index (χ1) is 7.61. The van der Waals surface area contributed by atoms with Crippen LogP contribution in [0.15, 0.2) is 39.9 Å². The number of nitrogens with zero attached hydrogens (tertiary/aromatic N) is 1. The minimum atomic E-state index is -0.653. The third-order valence-corrected chi connectivity index (χ3v) is 2.33. The lowest BCUT2D eigenvalue weighted by atomic mass is 10.3. The van der Waals surface area contributed by atoms with Gasteiger partial charge < -0.3 is 5.11 Å². The molecule has 0 saturated carbocycles. The topological polar surface area (TPSA) is 75.1 Å². The molecular formula is C11H10N2O3. The summed E-state index contributed by atoms with van der Waals surface area (Å²) in [6, 6.07) is 8.60. The number of H-pyrrole nitrogens is 1. The standard InChI is InChI=1S/C11H10N2O3/c1-7-9(14)12-11(16)13(10(7)15)8-5-3-2-4-6-8/h2-6,15H,1H3,(H,12,14,16). The van der Waals surface area contributed by atoms with E-state index < -0.39 is 11.2 Å². The van der Waals surface area contributed by atoms with Crippen molar-refractivity contribution in [3.05, 3.63) is 56.7 Å². The van der Waals surface area contributed by atoms with Crippen LogP contribution in [0.3, 0.4) is 0 Å². The second kappa shape index (κ2) is 3.69. The smallest absolute Gasteiger partial charge is 0.335 e. The lowest BCUT2D eigenvalue weighted by Crippen LogP contribution is -2.30. The summed E-state index contributed by atoms with van der Waals surface area (Å²) in [4.78, 5) is 24.9. The monoisotopic (exact) mass is 218 g/mol. The Morgan fingerprint density at radius 1 is 1.19 bits per heavy atom. The summed E-state index contributed by atoms with van der Waals surface area (Å²) in [6.07, 6.45) is 0. The molecule has 0 radical (unpaired) electrons. The molecule has 0 spiro atoms. The van der Waals surface area contributed by atoms with E-state index >= 15 is 0 Å². The highest BCUT2D eigenvalue weighted by Gasteiger charge is 2.10. The molecule has 5 heteroatoms. The molecule has 1 heterocycles. The largest absolute Gasteiger partial charge is 0.494 e. The Labute approximate surface area is 90.6 Å². The second-order valence-electron chi connectivity index (χ2n) is 3.38. The van der Waals surface area contributed by atoms with Crippen molar-refractivity contribution >= 4 is 0 Å². The number of aromatic hydroxyl groups is 1. The average Bonchev–Trinajstić information content (AvgIpc) is 2.28. The van der Waals surface area contributed by atoms with E-state index in [0.717, 1.165) is 4.57 Å². The van der Waals surface area contributed by atoms with Gasteiger partial charge >= 0.3 is 5.69 Å². The van der Waals surface area contributed by atoms with Crippen LogP contribution >= 0.6 is 0 Å². The van der Waals surface area contributed by atoms with E-state index in [1.54, 1.807) is 30.3 Å². The van der Waals surface area contributed by atoms with Crippen molar-refractivity contribution in [3.8, 4) is 11.6 Å². The van der Waals surface area contributed by atoms with Crippen LogP contribution in [0.2, 0.25) is 0 Å². The van der Waals surface area contributed by atoms with Gasteiger partial charge in [0.1, 0.15) is 0 Å². The highest BCUT2D eigenvalue weighted by atomic mass is 16.3. The van der Waals surface area contributed by atoms with Gasteiger partial charge in [0.05, 0.1) is 11.3 Å². The number of aromatic amines is 1. The maximum Gasteiger partial charge on any atom is 0.335 e. The fraction of sp³-hybridized carbons (Fsp3) is 0.0909. The Morgan fingerprint density at radius 2 is 1.81 bits per heavy atom. The van der Waals surface area contributed by atoms with E-state index in [0.29, 0.717) is 5.69 Å². The van der Waals surface area contributed by atoms with Crippen LogP contribution in [-0.2, 0) is 0 Å². The zero-order chi connectivity index (χ0) is 11.7. The van der Waals surface area contributed by atoms with E-state index in [9.17, 15) is 14.7 Å². The second-order valence-corrected chi connectivity index (χ2v) is 3.38. The summed E-state index contributed by atoms with van der Waals surface area (Å²) in [6.45, 7) is 1.45. The third kappa shape index (κ3) is 1.52. The van der Waals surface area contributed by atoms with Gasteiger partial charge in [-0.3, -0.25) is 9.78 Å². The summed E-state index contributed by atoms with van der Waals surface area (Å²) in [5.41, 5.74) is -0.609. The number of nitrogens with one attached hydrogen (secondary N) is 1. The number of aromatic nitrogens is 2. The predicted molar refractivity (Wildman–Crippen MR) is 59.1 cm³/mol. The van der Waals surface area contributed by atoms with Crippen LogP contribution in [0, 0.1) is 6.92 Å². The maximum absolute atomic E-state index is 11.6. The number of rotatable bonds is 1. The fourth-order valence-electron chi connectivity index (χ4n) is 1.43. The number of hydrogen-bond acceptors (Lipinski definition) is 3. The summed E-state index contributed by atoms with van der Waals surface area (Å²) in [7, 11) is 0. The van der Waals surface area contributed by atoms with Gasteiger partial charge in [0.25, 0.3) is 5.56 Å². The van der Waals surface area contributed by atoms with E-state index in [1.807, 2.05) is 0 Å². The molecule has 0 saturated heterocycles. The van der Waals surface area contributed by atoms with Gasteiger partial charge in [0, 0.05) is 0 Å². The van der Waals surface area contributed by atoms with Crippen LogP contribution in [0.5, 0.6) is 5.88 Å². The molecular weight excluding hydrogens is 208 g/mol. The Bertz CT molecular complexity index is 626. The van der Waals surface area contributed by atoms with Crippen molar-refractivity contribution in [1.82, 2.24) is 9.55 Å². The number of para-hydroxylation sites is 1. The van der Waals surface area contributed by atoms with Crippen molar-refractivity contribution in [1.29, 1.82) is 0 Å². The molecule has 82 valence electrons. The molecule has 0 bridgehead atoms. The third-order valence-electron chi connectivity index (χ3n) is 2.33. The first kappa shape index (κ1) is 10.2.